The zero-order chi connectivity index (χ0) is 10.5. The van der Waals surface area contributed by atoms with Crippen molar-refractivity contribution in [3.05, 3.63) is 22.9 Å². The maximum absolute atomic E-state index is 4.16. The molecule has 3 heteroatoms. The minimum atomic E-state index is 0.642. The first-order chi connectivity index (χ1) is 7.34. The van der Waals surface area contributed by atoms with Crippen molar-refractivity contribution in [2.45, 2.75) is 44.6 Å². The molecular formula is C12H17BrN2. The van der Waals surface area contributed by atoms with E-state index >= 15 is 0 Å². The van der Waals surface area contributed by atoms with E-state index in [1.807, 2.05) is 12.4 Å². The van der Waals surface area contributed by atoms with Gasteiger partial charge in [0.1, 0.15) is 0 Å². The van der Waals surface area contributed by atoms with Crippen LogP contribution in [0.1, 0.15) is 38.5 Å². The van der Waals surface area contributed by atoms with Gasteiger partial charge in [0.2, 0.25) is 0 Å². The summed E-state index contributed by atoms with van der Waals surface area (Å²) in [5.41, 5.74) is 1.14. The Hall–Kier alpha value is -0.570. The summed E-state index contributed by atoms with van der Waals surface area (Å²) >= 11 is 3.44. The highest BCUT2D eigenvalue weighted by Crippen LogP contribution is 2.22. The molecule has 0 amide bonds. The number of aromatic nitrogens is 1. The van der Waals surface area contributed by atoms with Crippen molar-refractivity contribution in [1.29, 1.82) is 0 Å². The highest BCUT2D eigenvalue weighted by Gasteiger charge is 2.11. The van der Waals surface area contributed by atoms with E-state index in [0.717, 1.165) is 10.2 Å². The monoisotopic (exact) mass is 268 g/mol. The van der Waals surface area contributed by atoms with Gasteiger partial charge in [-0.1, -0.05) is 25.7 Å². The predicted octanol–water partition coefficient (Wildman–Crippen LogP) is 3.98. The molecule has 1 fully saturated rings. The Balaban J connectivity index is 1.95. The van der Waals surface area contributed by atoms with Gasteiger partial charge < -0.3 is 5.32 Å². The van der Waals surface area contributed by atoms with E-state index in [4.69, 9.17) is 0 Å². The minimum Gasteiger partial charge on any atom is -0.381 e. The second kappa shape index (κ2) is 5.50. The molecule has 1 saturated carbocycles. The summed E-state index contributed by atoms with van der Waals surface area (Å²) in [7, 11) is 0. The lowest BCUT2D eigenvalue weighted by Gasteiger charge is -2.17. The van der Waals surface area contributed by atoms with E-state index in [0.29, 0.717) is 6.04 Å². The molecule has 0 aliphatic heterocycles. The van der Waals surface area contributed by atoms with E-state index in [-0.39, 0.29) is 0 Å². The Labute approximate surface area is 99.6 Å². The topological polar surface area (TPSA) is 24.9 Å². The van der Waals surface area contributed by atoms with Crippen molar-refractivity contribution in [2.24, 2.45) is 0 Å². The fraction of sp³-hybridized carbons (Fsp3) is 0.583. The molecule has 0 aromatic carbocycles. The summed E-state index contributed by atoms with van der Waals surface area (Å²) < 4.78 is 1.04. The molecule has 1 aromatic rings. The third kappa shape index (κ3) is 3.49. The van der Waals surface area contributed by atoms with Gasteiger partial charge in [-0.05, 0) is 34.8 Å². The van der Waals surface area contributed by atoms with Gasteiger partial charge in [-0.3, -0.25) is 4.98 Å². The molecule has 0 bridgehead atoms. The smallest absolute Gasteiger partial charge is 0.0540 e. The Bertz CT molecular complexity index is 306. The molecule has 1 aromatic heterocycles. The average molecular weight is 269 g/mol. The summed E-state index contributed by atoms with van der Waals surface area (Å²) in [6.07, 6.45) is 11.8. The fourth-order valence-corrected chi connectivity index (χ4v) is 2.52. The van der Waals surface area contributed by atoms with Crippen LogP contribution in [0.5, 0.6) is 0 Å². The van der Waals surface area contributed by atoms with Gasteiger partial charge in [-0.25, -0.2) is 0 Å². The summed E-state index contributed by atoms with van der Waals surface area (Å²) in [4.78, 5) is 4.16. The molecule has 2 nitrogen and oxygen atoms in total. The molecule has 1 N–H and O–H groups in total. The standard InChI is InChI=1S/C12H17BrN2/c13-10-7-12(9-14-8-10)15-11-5-3-1-2-4-6-11/h7-9,11,15H,1-6H2. The maximum Gasteiger partial charge on any atom is 0.0540 e. The number of rotatable bonds is 2. The van der Waals surface area contributed by atoms with Crippen LogP contribution in [0.25, 0.3) is 0 Å². The van der Waals surface area contributed by atoms with Gasteiger partial charge in [0.05, 0.1) is 11.9 Å². The van der Waals surface area contributed by atoms with Crippen molar-refractivity contribution in [3.63, 3.8) is 0 Å². The lowest BCUT2D eigenvalue weighted by molar-refractivity contribution is 0.620. The van der Waals surface area contributed by atoms with Crippen molar-refractivity contribution in [1.82, 2.24) is 4.98 Å². The molecule has 82 valence electrons. The lowest BCUT2D eigenvalue weighted by atomic mass is 10.1. The van der Waals surface area contributed by atoms with E-state index in [2.05, 4.69) is 32.3 Å². The fourth-order valence-electron chi connectivity index (χ4n) is 2.15. The largest absolute Gasteiger partial charge is 0.381 e. The molecule has 0 atom stereocenters. The van der Waals surface area contributed by atoms with E-state index < -0.39 is 0 Å². The van der Waals surface area contributed by atoms with Crippen LogP contribution in [-0.4, -0.2) is 11.0 Å². The SMILES string of the molecule is Brc1cncc(NC2CCCCCC2)c1. The summed E-state index contributed by atoms with van der Waals surface area (Å²) in [5, 5.41) is 3.57. The number of nitrogens with one attached hydrogen (secondary N) is 1. The summed E-state index contributed by atoms with van der Waals surface area (Å²) in [5.74, 6) is 0. The van der Waals surface area contributed by atoms with E-state index in [1.165, 1.54) is 38.5 Å². The highest BCUT2D eigenvalue weighted by molar-refractivity contribution is 9.10. The zero-order valence-corrected chi connectivity index (χ0v) is 10.5. The predicted molar refractivity (Wildman–Crippen MR) is 67.0 cm³/mol. The first-order valence-electron chi connectivity index (χ1n) is 5.72. The van der Waals surface area contributed by atoms with Crippen LogP contribution < -0.4 is 5.32 Å². The Kier molecular flexibility index (Phi) is 4.01. The number of hydrogen-bond acceptors (Lipinski definition) is 2. The quantitative estimate of drug-likeness (QED) is 0.821. The Morgan fingerprint density at radius 3 is 2.53 bits per heavy atom. The van der Waals surface area contributed by atoms with Gasteiger partial charge in [0, 0.05) is 16.7 Å². The average Bonchev–Trinajstić information content (AvgIpc) is 2.46. The van der Waals surface area contributed by atoms with Gasteiger partial charge in [0.15, 0.2) is 0 Å². The van der Waals surface area contributed by atoms with Crippen LogP contribution in [0.15, 0.2) is 22.9 Å². The molecule has 1 aliphatic rings. The number of hydrogen-bond donors (Lipinski definition) is 1. The van der Waals surface area contributed by atoms with Gasteiger partial charge >= 0.3 is 0 Å². The number of anilines is 1. The molecule has 0 radical (unpaired) electrons. The van der Waals surface area contributed by atoms with Crippen molar-refractivity contribution in [2.75, 3.05) is 5.32 Å². The number of nitrogens with zero attached hydrogens (tertiary/aromatic N) is 1. The van der Waals surface area contributed by atoms with Crippen molar-refractivity contribution < 1.29 is 0 Å². The van der Waals surface area contributed by atoms with Crippen molar-refractivity contribution >= 4 is 21.6 Å². The molecule has 0 spiro atoms. The zero-order valence-electron chi connectivity index (χ0n) is 8.88. The van der Waals surface area contributed by atoms with Gasteiger partial charge in [0.25, 0.3) is 0 Å². The summed E-state index contributed by atoms with van der Waals surface area (Å²) in [6, 6.07) is 2.74. The molecule has 15 heavy (non-hydrogen) atoms. The third-order valence-electron chi connectivity index (χ3n) is 2.93. The van der Waals surface area contributed by atoms with Crippen LogP contribution in [0.4, 0.5) is 5.69 Å². The lowest BCUT2D eigenvalue weighted by Crippen LogP contribution is -2.18. The first kappa shape index (κ1) is 10.9. The second-order valence-electron chi connectivity index (χ2n) is 4.22. The van der Waals surface area contributed by atoms with E-state index in [9.17, 15) is 0 Å². The molecule has 1 heterocycles. The Morgan fingerprint density at radius 2 is 1.87 bits per heavy atom. The van der Waals surface area contributed by atoms with Crippen LogP contribution in [0.3, 0.4) is 0 Å². The van der Waals surface area contributed by atoms with Gasteiger partial charge in [-0.2, -0.15) is 0 Å². The normalized spacial score (nSPS) is 18.5. The van der Waals surface area contributed by atoms with E-state index in [1.54, 1.807) is 0 Å². The first-order valence-corrected chi connectivity index (χ1v) is 6.51. The maximum atomic E-state index is 4.16. The number of halogens is 1. The third-order valence-corrected chi connectivity index (χ3v) is 3.36. The highest BCUT2D eigenvalue weighted by atomic mass is 79.9. The molecule has 2 rings (SSSR count). The molecule has 1 aliphatic carbocycles. The molecule has 0 saturated heterocycles. The minimum absolute atomic E-state index is 0.642. The summed E-state index contributed by atoms with van der Waals surface area (Å²) in [6.45, 7) is 0. The van der Waals surface area contributed by atoms with Crippen LogP contribution in [0.2, 0.25) is 0 Å². The molecule has 0 unspecified atom stereocenters. The van der Waals surface area contributed by atoms with Crippen LogP contribution in [-0.2, 0) is 0 Å². The molecular weight excluding hydrogens is 252 g/mol. The second-order valence-corrected chi connectivity index (χ2v) is 5.14. The van der Waals surface area contributed by atoms with Gasteiger partial charge in [-0.15, -0.1) is 0 Å². The van der Waals surface area contributed by atoms with Crippen molar-refractivity contribution in [3.8, 4) is 0 Å². The number of pyridine rings is 1. The van der Waals surface area contributed by atoms with Crippen LogP contribution >= 0.6 is 15.9 Å². The Morgan fingerprint density at radius 1 is 1.13 bits per heavy atom. The van der Waals surface area contributed by atoms with Crippen LogP contribution in [0, 0.1) is 0 Å².